The number of carbonyl (C=O) groups excluding carboxylic acids is 1. The first-order valence-corrected chi connectivity index (χ1v) is 10.4. The Morgan fingerprint density at radius 2 is 1.82 bits per heavy atom. The topological polar surface area (TPSA) is 113 Å². The number of likely N-dealkylation sites (tertiary alicyclic amines) is 1. The first kappa shape index (κ1) is 18.6. The fourth-order valence-electron chi connectivity index (χ4n) is 3.65. The second kappa shape index (κ2) is 6.68. The number of nitrogens with two attached hydrogens (primary N) is 1. The summed E-state index contributed by atoms with van der Waals surface area (Å²) in [6, 6.07) is 8.57. The number of H-pyrrole nitrogens is 1. The summed E-state index contributed by atoms with van der Waals surface area (Å²) in [6.07, 6.45) is 0.947. The van der Waals surface area contributed by atoms with Gasteiger partial charge in [-0.05, 0) is 49.2 Å². The van der Waals surface area contributed by atoms with E-state index in [1.54, 1.807) is 12.1 Å². The van der Waals surface area contributed by atoms with Crippen molar-refractivity contribution < 1.29 is 17.6 Å². The smallest absolute Gasteiger partial charge is 0.253 e. The van der Waals surface area contributed by atoms with Gasteiger partial charge in [0.05, 0.1) is 5.25 Å². The fourth-order valence-corrected chi connectivity index (χ4v) is 4.53. The molecule has 1 fully saturated rings. The summed E-state index contributed by atoms with van der Waals surface area (Å²) in [5.74, 6) is -0.888. The highest BCUT2D eigenvalue weighted by Gasteiger charge is 2.31. The average molecular weight is 403 g/mol. The van der Waals surface area contributed by atoms with Gasteiger partial charge in [0.25, 0.3) is 5.91 Å². The minimum atomic E-state index is -3.73. The molecule has 9 heteroatoms. The number of carbonyl (C=O) groups is 1. The summed E-state index contributed by atoms with van der Waals surface area (Å²) < 4.78 is 36.8. The van der Waals surface area contributed by atoms with Crippen molar-refractivity contribution in [2.45, 2.75) is 18.1 Å². The summed E-state index contributed by atoms with van der Waals surface area (Å²) in [5, 5.41) is 4.90. The van der Waals surface area contributed by atoms with Crippen molar-refractivity contribution >= 4 is 37.7 Å². The van der Waals surface area contributed by atoms with Crippen LogP contribution >= 0.6 is 0 Å². The summed E-state index contributed by atoms with van der Waals surface area (Å²) in [4.78, 5) is 30.1. The molecule has 146 valence electrons. The van der Waals surface area contributed by atoms with Gasteiger partial charge >= 0.3 is 0 Å². The number of benzene rings is 2. The van der Waals surface area contributed by atoms with Crippen LogP contribution in [0.1, 0.15) is 23.2 Å². The van der Waals surface area contributed by atoms with Gasteiger partial charge in [-0.15, -0.1) is 0 Å². The van der Waals surface area contributed by atoms with Crippen molar-refractivity contribution in [1.82, 2.24) is 9.88 Å². The number of hydrogen-bond acceptors (Lipinski definition) is 4. The summed E-state index contributed by atoms with van der Waals surface area (Å²) in [7, 11) is -3.73. The lowest BCUT2D eigenvalue weighted by molar-refractivity contribution is 0.0727. The number of sulfonamides is 1. The molecule has 0 unspecified atom stereocenters. The van der Waals surface area contributed by atoms with E-state index in [2.05, 4.69) is 4.98 Å². The van der Waals surface area contributed by atoms with E-state index in [1.165, 1.54) is 23.1 Å². The third-order valence-electron chi connectivity index (χ3n) is 5.14. The number of halogens is 1. The summed E-state index contributed by atoms with van der Waals surface area (Å²) >= 11 is 0. The van der Waals surface area contributed by atoms with Gasteiger partial charge in [-0.2, -0.15) is 0 Å². The quantitative estimate of drug-likeness (QED) is 0.634. The number of nitrogens with one attached hydrogen (secondary N) is 1. The minimum absolute atomic E-state index is 0.0228. The SMILES string of the molecule is NS(=O)(=O)[C@@H]1CCCN(C(=O)c2ccc3[nH]c4ccc(F)cc4c(=O)c3c2)C1. The zero-order valence-corrected chi connectivity index (χ0v) is 15.6. The van der Waals surface area contributed by atoms with Crippen molar-refractivity contribution in [3.63, 3.8) is 0 Å². The molecule has 1 saturated heterocycles. The van der Waals surface area contributed by atoms with Crippen molar-refractivity contribution in [3.05, 3.63) is 58.0 Å². The highest BCUT2D eigenvalue weighted by atomic mass is 32.2. The Bertz CT molecular complexity index is 1270. The van der Waals surface area contributed by atoms with Crippen LogP contribution in [-0.4, -0.2) is 42.5 Å². The molecule has 1 aliphatic heterocycles. The number of piperidine rings is 1. The number of nitrogens with zero attached hydrogens (tertiary/aromatic N) is 1. The molecule has 1 aliphatic rings. The van der Waals surface area contributed by atoms with Crippen LogP contribution in [0.4, 0.5) is 4.39 Å². The normalized spacial score (nSPS) is 17.9. The first-order valence-electron chi connectivity index (χ1n) is 8.80. The molecule has 2 heterocycles. The van der Waals surface area contributed by atoms with Crippen LogP contribution in [0.3, 0.4) is 0 Å². The molecule has 0 spiro atoms. The molecule has 0 bridgehead atoms. The Balaban J connectivity index is 1.75. The van der Waals surface area contributed by atoms with Crippen LogP contribution in [0, 0.1) is 5.82 Å². The Morgan fingerprint density at radius 3 is 2.54 bits per heavy atom. The van der Waals surface area contributed by atoms with Gasteiger partial charge in [0.1, 0.15) is 5.82 Å². The maximum absolute atomic E-state index is 13.5. The van der Waals surface area contributed by atoms with Crippen molar-refractivity contribution in [3.8, 4) is 0 Å². The lowest BCUT2D eigenvalue weighted by Gasteiger charge is -2.31. The molecule has 0 aliphatic carbocycles. The van der Waals surface area contributed by atoms with Crippen LogP contribution in [0.5, 0.6) is 0 Å². The number of pyridine rings is 1. The Kier molecular flexibility index (Phi) is 4.43. The molecule has 3 N–H and O–H groups in total. The minimum Gasteiger partial charge on any atom is -0.354 e. The molecule has 0 saturated carbocycles. The van der Waals surface area contributed by atoms with Crippen LogP contribution in [0.15, 0.2) is 41.2 Å². The predicted octanol–water partition coefficient (Wildman–Crippen LogP) is 1.71. The Hall–Kier alpha value is -2.78. The summed E-state index contributed by atoms with van der Waals surface area (Å²) in [6.45, 7) is 0.442. The zero-order valence-electron chi connectivity index (χ0n) is 14.8. The van der Waals surface area contributed by atoms with E-state index in [0.29, 0.717) is 30.4 Å². The molecule has 1 aromatic heterocycles. The second-order valence-electron chi connectivity index (χ2n) is 7.01. The molecule has 0 radical (unpaired) electrons. The largest absolute Gasteiger partial charge is 0.354 e. The fraction of sp³-hybridized carbons (Fsp3) is 0.263. The highest BCUT2D eigenvalue weighted by molar-refractivity contribution is 7.89. The molecular formula is C19H18FN3O4S. The van der Waals surface area contributed by atoms with E-state index in [-0.39, 0.29) is 34.2 Å². The second-order valence-corrected chi connectivity index (χ2v) is 8.85. The van der Waals surface area contributed by atoms with E-state index < -0.39 is 21.1 Å². The number of aromatic amines is 1. The molecule has 2 aromatic carbocycles. The van der Waals surface area contributed by atoms with Gasteiger partial charge in [-0.3, -0.25) is 9.59 Å². The van der Waals surface area contributed by atoms with Gasteiger partial charge in [0, 0.05) is 40.5 Å². The number of fused-ring (bicyclic) bond motifs is 2. The summed E-state index contributed by atoms with van der Waals surface area (Å²) in [5.41, 5.74) is 0.925. The number of amides is 1. The van der Waals surface area contributed by atoms with Gasteiger partial charge in [0.2, 0.25) is 10.0 Å². The third-order valence-corrected chi connectivity index (χ3v) is 6.45. The highest BCUT2D eigenvalue weighted by Crippen LogP contribution is 2.21. The number of primary sulfonamides is 1. The maximum atomic E-state index is 13.5. The Morgan fingerprint density at radius 1 is 1.14 bits per heavy atom. The number of rotatable bonds is 2. The first-order chi connectivity index (χ1) is 13.2. The third kappa shape index (κ3) is 3.27. The number of hydrogen-bond donors (Lipinski definition) is 2. The van der Waals surface area contributed by atoms with Crippen LogP contribution in [0.2, 0.25) is 0 Å². The molecule has 28 heavy (non-hydrogen) atoms. The zero-order chi connectivity index (χ0) is 20.1. The van der Waals surface area contributed by atoms with E-state index in [1.807, 2.05) is 0 Å². The lowest BCUT2D eigenvalue weighted by Crippen LogP contribution is -2.47. The van der Waals surface area contributed by atoms with Gasteiger partial charge in [-0.1, -0.05) is 0 Å². The monoisotopic (exact) mass is 403 g/mol. The van der Waals surface area contributed by atoms with E-state index in [0.717, 1.165) is 6.07 Å². The molecular weight excluding hydrogens is 385 g/mol. The average Bonchev–Trinajstić information content (AvgIpc) is 2.67. The van der Waals surface area contributed by atoms with Crippen molar-refractivity contribution in [2.24, 2.45) is 5.14 Å². The van der Waals surface area contributed by atoms with Gasteiger partial charge in [0.15, 0.2) is 5.43 Å². The molecule has 3 aromatic rings. The molecule has 4 rings (SSSR count). The predicted molar refractivity (Wildman–Crippen MR) is 104 cm³/mol. The Labute approximate surface area is 160 Å². The van der Waals surface area contributed by atoms with Crippen LogP contribution in [0.25, 0.3) is 21.8 Å². The molecule has 7 nitrogen and oxygen atoms in total. The maximum Gasteiger partial charge on any atom is 0.253 e. The van der Waals surface area contributed by atoms with Crippen molar-refractivity contribution in [2.75, 3.05) is 13.1 Å². The molecule has 1 atom stereocenters. The van der Waals surface area contributed by atoms with Gasteiger partial charge < -0.3 is 9.88 Å². The van der Waals surface area contributed by atoms with E-state index >= 15 is 0 Å². The number of aromatic nitrogens is 1. The molecule has 1 amide bonds. The van der Waals surface area contributed by atoms with Gasteiger partial charge in [-0.25, -0.2) is 17.9 Å². The standard InChI is InChI=1S/C19H18FN3O4S/c20-12-4-6-17-15(9-12)18(24)14-8-11(3-5-16(14)22-17)19(25)23-7-1-2-13(10-23)28(21,26)27/h3-6,8-9,13H,1-2,7,10H2,(H,22,24)(H2,21,26,27)/t13-/m1/s1. The van der Waals surface area contributed by atoms with E-state index in [9.17, 15) is 22.4 Å². The lowest BCUT2D eigenvalue weighted by atomic mass is 10.0. The van der Waals surface area contributed by atoms with E-state index in [4.69, 9.17) is 5.14 Å². The van der Waals surface area contributed by atoms with Crippen LogP contribution < -0.4 is 10.6 Å². The van der Waals surface area contributed by atoms with Crippen LogP contribution in [-0.2, 0) is 10.0 Å². The van der Waals surface area contributed by atoms with Crippen molar-refractivity contribution in [1.29, 1.82) is 0 Å².